The van der Waals surface area contributed by atoms with Crippen molar-refractivity contribution in [3.05, 3.63) is 46.9 Å². The second-order valence-corrected chi connectivity index (χ2v) is 7.52. The molecular formula is C15H15BrN2O3S. The van der Waals surface area contributed by atoms with Gasteiger partial charge in [0.15, 0.2) is 0 Å². The Labute approximate surface area is 137 Å². The Balaban J connectivity index is 2.47. The summed E-state index contributed by atoms with van der Waals surface area (Å²) in [5, 5.41) is 2.65. The van der Waals surface area contributed by atoms with E-state index in [4.69, 9.17) is 5.73 Å². The standard InChI is InChI=1S/C15H15BrN2O3S/c1-2-15(19)18-12-7-10(16)8-14(9-12)22(20,21)13-5-3-11(17)4-6-13/h3-9H,2,17H2,1H3,(H,18,19). The Morgan fingerprint density at radius 2 is 1.77 bits per heavy atom. The molecule has 0 bridgehead atoms. The van der Waals surface area contributed by atoms with Crippen molar-refractivity contribution >= 4 is 43.0 Å². The van der Waals surface area contributed by atoms with E-state index in [9.17, 15) is 13.2 Å². The quantitative estimate of drug-likeness (QED) is 0.794. The van der Waals surface area contributed by atoms with E-state index in [0.717, 1.165) is 0 Å². The van der Waals surface area contributed by atoms with Crippen LogP contribution in [0, 0.1) is 0 Å². The summed E-state index contributed by atoms with van der Waals surface area (Å²) < 4.78 is 25.8. The van der Waals surface area contributed by atoms with Crippen LogP contribution in [-0.4, -0.2) is 14.3 Å². The molecule has 0 saturated carbocycles. The van der Waals surface area contributed by atoms with Gasteiger partial charge in [-0.2, -0.15) is 0 Å². The molecule has 0 aliphatic rings. The van der Waals surface area contributed by atoms with Crippen LogP contribution in [0.5, 0.6) is 0 Å². The lowest BCUT2D eigenvalue weighted by atomic mass is 10.3. The molecule has 0 saturated heterocycles. The highest BCUT2D eigenvalue weighted by atomic mass is 79.9. The molecule has 0 fully saturated rings. The Hall–Kier alpha value is -1.86. The fourth-order valence-electron chi connectivity index (χ4n) is 1.82. The average Bonchev–Trinajstić information content (AvgIpc) is 2.47. The smallest absolute Gasteiger partial charge is 0.224 e. The molecule has 5 nitrogen and oxygen atoms in total. The number of nitrogens with two attached hydrogens (primary N) is 1. The summed E-state index contributed by atoms with van der Waals surface area (Å²) >= 11 is 3.27. The molecule has 0 aliphatic carbocycles. The van der Waals surface area contributed by atoms with E-state index in [1.54, 1.807) is 13.0 Å². The van der Waals surface area contributed by atoms with Gasteiger partial charge in [0, 0.05) is 22.3 Å². The van der Waals surface area contributed by atoms with Crippen LogP contribution < -0.4 is 11.1 Å². The van der Waals surface area contributed by atoms with Crippen LogP contribution in [0.25, 0.3) is 0 Å². The molecule has 1 amide bonds. The zero-order valence-electron chi connectivity index (χ0n) is 11.8. The van der Waals surface area contributed by atoms with Crippen molar-refractivity contribution in [1.29, 1.82) is 0 Å². The number of benzene rings is 2. The Morgan fingerprint density at radius 3 is 2.36 bits per heavy atom. The van der Waals surface area contributed by atoms with Gasteiger partial charge in [-0.25, -0.2) is 8.42 Å². The van der Waals surface area contributed by atoms with Crippen molar-refractivity contribution in [2.45, 2.75) is 23.1 Å². The second-order valence-electron chi connectivity index (χ2n) is 4.65. The Kier molecular flexibility index (Phi) is 4.87. The predicted octanol–water partition coefficient (Wildman–Crippen LogP) is 3.21. The van der Waals surface area contributed by atoms with Gasteiger partial charge in [0.2, 0.25) is 15.7 Å². The first-order chi connectivity index (χ1) is 10.3. The number of halogens is 1. The summed E-state index contributed by atoms with van der Waals surface area (Å²) in [5.41, 5.74) is 6.49. The molecule has 0 aliphatic heterocycles. The highest BCUT2D eigenvalue weighted by molar-refractivity contribution is 9.10. The van der Waals surface area contributed by atoms with Crippen molar-refractivity contribution in [2.24, 2.45) is 0 Å². The number of hydrogen-bond donors (Lipinski definition) is 2. The Morgan fingerprint density at radius 1 is 1.14 bits per heavy atom. The number of anilines is 2. The Bertz CT molecular complexity index is 802. The van der Waals surface area contributed by atoms with E-state index < -0.39 is 9.84 Å². The van der Waals surface area contributed by atoms with E-state index in [0.29, 0.717) is 22.3 Å². The molecule has 0 unspecified atom stereocenters. The number of carbonyl (C=O) groups is 1. The van der Waals surface area contributed by atoms with Crippen LogP contribution in [0.3, 0.4) is 0 Å². The molecule has 22 heavy (non-hydrogen) atoms. The minimum atomic E-state index is -3.68. The van der Waals surface area contributed by atoms with Gasteiger partial charge in [0.05, 0.1) is 9.79 Å². The number of rotatable bonds is 4. The van der Waals surface area contributed by atoms with E-state index >= 15 is 0 Å². The van der Waals surface area contributed by atoms with Crippen molar-refractivity contribution in [3.63, 3.8) is 0 Å². The van der Waals surface area contributed by atoms with Crippen LogP contribution in [0.1, 0.15) is 13.3 Å². The van der Waals surface area contributed by atoms with E-state index in [2.05, 4.69) is 21.2 Å². The number of nitrogen functional groups attached to an aromatic ring is 1. The highest BCUT2D eigenvalue weighted by Crippen LogP contribution is 2.28. The van der Waals surface area contributed by atoms with Crippen LogP contribution in [0.2, 0.25) is 0 Å². The number of sulfone groups is 1. The lowest BCUT2D eigenvalue weighted by Crippen LogP contribution is -2.10. The monoisotopic (exact) mass is 382 g/mol. The average molecular weight is 383 g/mol. The molecule has 2 aromatic rings. The number of nitrogens with one attached hydrogen (secondary N) is 1. The second kappa shape index (κ2) is 6.50. The van der Waals surface area contributed by atoms with Crippen LogP contribution in [0.15, 0.2) is 56.7 Å². The van der Waals surface area contributed by atoms with Crippen LogP contribution in [0.4, 0.5) is 11.4 Å². The summed E-state index contributed by atoms with van der Waals surface area (Å²) in [5.74, 6) is -0.186. The fraction of sp³-hybridized carbons (Fsp3) is 0.133. The first-order valence-corrected chi connectivity index (χ1v) is 8.81. The molecule has 0 atom stereocenters. The molecule has 116 valence electrons. The molecule has 7 heteroatoms. The zero-order chi connectivity index (χ0) is 16.3. The first-order valence-electron chi connectivity index (χ1n) is 6.54. The topological polar surface area (TPSA) is 89.3 Å². The minimum Gasteiger partial charge on any atom is -0.399 e. The van der Waals surface area contributed by atoms with Gasteiger partial charge in [-0.3, -0.25) is 4.79 Å². The maximum atomic E-state index is 12.6. The van der Waals surface area contributed by atoms with Crippen molar-refractivity contribution < 1.29 is 13.2 Å². The third kappa shape index (κ3) is 3.66. The maximum absolute atomic E-state index is 12.6. The number of hydrogen-bond acceptors (Lipinski definition) is 4. The summed E-state index contributed by atoms with van der Waals surface area (Å²) in [4.78, 5) is 11.7. The van der Waals surface area contributed by atoms with Gasteiger partial charge in [0.25, 0.3) is 0 Å². The summed E-state index contributed by atoms with van der Waals surface area (Å²) in [7, 11) is -3.68. The third-order valence-electron chi connectivity index (χ3n) is 2.98. The molecule has 0 aromatic heterocycles. The number of carbonyl (C=O) groups excluding carboxylic acids is 1. The van der Waals surface area contributed by atoms with Crippen molar-refractivity contribution in [2.75, 3.05) is 11.1 Å². The normalized spacial score (nSPS) is 11.2. The molecule has 3 N–H and O–H groups in total. The molecule has 0 radical (unpaired) electrons. The first kappa shape index (κ1) is 16.5. The zero-order valence-corrected chi connectivity index (χ0v) is 14.2. The van der Waals surface area contributed by atoms with Crippen molar-refractivity contribution in [1.82, 2.24) is 0 Å². The summed E-state index contributed by atoms with van der Waals surface area (Å²) in [6.45, 7) is 1.72. The van der Waals surface area contributed by atoms with Crippen LogP contribution in [-0.2, 0) is 14.6 Å². The van der Waals surface area contributed by atoms with E-state index in [1.807, 2.05) is 0 Å². The summed E-state index contributed by atoms with van der Waals surface area (Å²) in [6.07, 6.45) is 0.312. The third-order valence-corrected chi connectivity index (χ3v) is 5.18. The largest absolute Gasteiger partial charge is 0.399 e. The highest BCUT2D eigenvalue weighted by Gasteiger charge is 2.19. The van der Waals surface area contributed by atoms with Crippen molar-refractivity contribution in [3.8, 4) is 0 Å². The molecule has 2 rings (SSSR count). The van der Waals surface area contributed by atoms with Gasteiger partial charge in [-0.1, -0.05) is 22.9 Å². The van der Waals surface area contributed by atoms with E-state index in [1.165, 1.54) is 36.4 Å². The van der Waals surface area contributed by atoms with Gasteiger partial charge in [0.1, 0.15) is 0 Å². The van der Waals surface area contributed by atoms with Gasteiger partial charge >= 0.3 is 0 Å². The lowest BCUT2D eigenvalue weighted by molar-refractivity contribution is -0.115. The van der Waals surface area contributed by atoms with Crippen LogP contribution >= 0.6 is 15.9 Å². The minimum absolute atomic E-state index is 0.0954. The lowest BCUT2D eigenvalue weighted by Gasteiger charge is -2.09. The van der Waals surface area contributed by atoms with E-state index in [-0.39, 0.29) is 15.7 Å². The SMILES string of the molecule is CCC(=O)Nc1cc(Br)cc(S(=O)(=O)c2ccc(N)cc2)c1. The molecule has 2 aromatic carbocycles. The maximum Gasteiger partial charge on any atom is 0.224 e. The molecular weight excluding hydrogens is 368 g/mol. The molecule has 0 heterocycles. The number of amides is 1. The predicted molar refractivity (Wildman–Crippen MR) is 89.4 cm³/mol. The van der Waals surface area contributed by atoms with Gasteiger partial charge < -0.3 is 11.1 Å². The molecule has 0 spiro atoms. The van der Waals surface area contributed by atoms with Gasteiger partial charge in [-0.15, -0.1) is 0 Å². The summed E-state index contributed by atoms with van der Waals surface area (Å²) in [6, 6.07) is 10.5. The fourth-order valence-corrected chi connectivity index (χ4v) is 3.80. The van der Waals surface area contributed by atoms with Gasteiger partial charge in [-0.05, 0) is 42.5 Å².